The lowest BCUT2D eigenvalue weighted by atomic mass is 9.93. The van der Waals surface area contributed by atoms with Crippen molar-refractivity contribution in [2.75, 3.05) is 44.4 Å². The van der Waals surface area contributed by atoms with Crippen molar-refractivity contribution in [3.8, 4) is 0 Å². The molecule has 0 bridgehead atoms. The van der Waals surface area contributed by atoms with Gasteiger partial charge >= 0.3 is 12.1 Å². The molecule has 8 nitrogen and oxygen atoms in total. The molecule has 2 fully saturated rings. The van der Waals surface area contributed by atoms with E-state index in [9.17, 15) is 18.0 Å². The second-order valence-electron chi connectivity index (χ2n) is 6.68. The largest absolute Gasteiger partial charge is 0.490 e. The molecule has 0 radical (unpaired) electrons. The van der Waals surface area contributed by atoms with Gasteiger partial charge in [-0.2, -0.15) is 13.2 Å². The molecule has 2 aliphatic rings. The fourth-order valence-corrected chi connectivity index (χ4v) is 4.88. The van der Waals surface area contributed by atoms with E-state index in [0.29, 0.717) is 0 Å². The zero-order chi connectivity index (χ0) is 21.1. The minimum atomic E-state index is -5.08. The minimum Gasteiger partial charge on any atom is -0.475 e. The van der Waals surface area contributed by atoms with Gasteiger partial charge < -0.3 is 19.6 Å². The molecule has 158 valence electrons. The van der Waals surface area contributed by atoms with E-state index in [4.69, 9.17) is 14.6 Å². The molecule has 1 N–H and O–H groups in total. The van der Waals surface area contributed by atoms with Crippen molar-refractivity contribution >= 4 is 40.1 Å². The van der Waals surface area contributed by atoms with Crippen molar-refractivity contribution in [2.24, 2.45) is 0 Å². The lowest BCUT2D eigenvalue weighted by Gasteiger charge is -2.47. The summed E-state index contributed by atoms with van der Waals surface area (Å²) in [6, 6.07) is 0. The summed E-state index contributed by atoms with van der Waals surface area (Å²) in [5, 5.41) is 17.4. The molecule has 0 aromatic carbocycles. The molecule has 2 aliphatic heterocycles. The smallest absolute Gasteiger partial charge is 0.475 e. The Labute approximate surface area is 168 Å². The predicted molar refractivity (Wildman–Crippen MR) is 98.8 cm³/mol. The van der Waals surface area contributed by atoms with Gasteiger partial charge in [-0.3, -0.25) is 4.79 Å². The molecule has 1 amide bonds. The monoisotopic (exact) mass is 442 g/mol. The highest BCUT2D eigenvalue weighted by Crippen LogP contribution is 2.47. The van der Waals surface area contributed by atoms with Gasteiger partial charge in [-0.25, -0.2) is 4.79 Å². The summed E-state index contributed by atoms with van der Waals surface area (Å²) in [5.41, 5.74) is 0. The van der Waals surface area contributed by atoms with Crippen LogP contribution in [0, 0.1) is 6.92 Å². The number of hydrogen-bond acceptors (Lipinski definition) is 8. The molecule has 1 spiro atoms. The Morgan fingerprint density at radius 2 is 1.96 bits per heavy atom. The van der Waals surface area contributed by atoms with Crippen LogP contribution in [0.1, 0.15) is 11.4 Å². The highest BCUT2D eigenvalue weighted by Gasteiger charge is 2.50. The summed E-state index contributed by atoms with van der Waals surface area (Å²) in [5.74, 6) is -1.75. The highest BCUT2D eigenvalue weighted by atomic mass is 32.2. The average molecular weight is 442 g/mol. The van der Waals surface area contributed by atoms with Gasteiger partial charge in [-0.1, -0.05) is 11.3 Å². The second kappa shape index (κ2) is 8.82. The van der Waals surface area contributed by atoms with Crippen LogP contribution in [-0.4, -0.2) is 88.7 Å². The van der Waals surface area contributed by atoms with Gasteiger partial charge in [0.05, 0.1) is 10.9 Å². The van der Waals surface area contributed by atoms with Crippen LogP contribution in [0.15, 0.2) is 0 Å². The lowest BCUT2D eigenvalue weighted by molar-refractivity contribution is -0.192. The number of ether oxygens (including phenoxy) is 1. The first-order valence-electron chi connectivity index (χ1n) is 8.23. The van der Waals surface area contributed by atoms with Crippen LogP contribution in [0.2, 0.25) is 0 Å². The van der Waals surface area contributed by atoms with Crippen molar-refractivity contribution in [2.45, 2.75) is 30.4 Å². The van der Waals surface area contributed by atoms with E-state index in [1.54, 1.807) is 30.3 Å². The molecule has 1 unspecified atom stereocenters. The molecule has 1 aromatic heterocycles. The van der Waals surface area contributed by atoms with Crippen molar-refractivity contribution in [3.63, 3.8) is 0 Å². The van der Waals surface area contributed by atoms with Crippen molar-refractivity contribution < 1.29 is 32.6 Å². The van der Waals surface area contributed by atoms with Gasteiger partial charge in [0, 0.05) is 32.9 Å². The number of carbonyl (C=O) groups excluding carboxylic acids is 1. The summed E-state index contributed by atoms with van der Waals surface area (Å²) in [6.45, 7) is 4.18. The summed E-state index contributed by atoms with van der Waals surface area (Å²) in [6.07, 6.45) is -3.87. The first-order valence-corrected chi connectivity index (χ1v) is 10.0. The maximum Gasteiger partial charge on any atom is 0.490 e. The van der Waals surface area contributed by atoms with Gasteiger partial charge in [-0.15, -0.1) is 22.0 Å². The summed E-state index contributed by atoms with van der Waals surface area (Å²) in [4.78, 5) is 24.3. The molecule has 0 saturated carbocycles. The Bertz CT molecular complexity index is 708. The molecule has 3 heterocycles. The number of thioether (sulfide) groups is 1. The summed E-state index contributed by atoms with van der Waals surface area (Å²) < 4.78 is 37.8. The lowest BCUT2D eigenvalue weighted by Crippen LogP contribution is -2.59. The van der Waals surface area contributed by atoms with Gasteiger partial charge in [0.2, 0.25) is 11.0 Å². The third-order valence-electron chi connectivity index (χ3n) is 4.10. The van der Waals surface area contributed by atoms with E-state index in [2.05, 4.69) is 15.1 Å². The number of nitrogens with zero attached hydrogens (tertiary/aromatic N) is 4. The van der Waals surface area contributed by atoms with Crippen LogP contribution in [0.3, 0.4) is 0 Å². The Balaban J connectivity index is 0.000000345. The van der Waals surface area contributed by atoms with Crippen LogP contribution in [0.25, 0.3) is 0 Å². The fraction of sp³-hybridized carbons (Fsp3) is 0.733. The normalized spacial score (nSPS) is 20.4. The molecular weight excluding hydrogens is 421 g/mol. The minimum absolute atomic E-state index is 0.0283. The first kappa shape index (κ1) is 22.7. The zero-order valence-corrected chi connectivity index (χ0v) is 17.2. The van der Waals surface area contributed by atoms with Crippen LogP contribution in [-0.2, 0) is 14.3 Å². The Morgan fingerprint density at radius 1 is 1.36 bits per heavy atom. The number of aryl methyl sites for hydroxylation is 1. The van der Waals surface area contributed by atoms with Gasteiger partial charge in [0.15, 0.2) is 0 Å². The number of anilines is 1. The summed E-state index contributed by atoms with van der Waals surface area (Å²) >= 11 is 3.61. The number of alkyl halides is 3. The molecule has 1 atom stereocenters. The third kappa shape index (κ3) is 5.95. The molecular formula is C15H21F3N4O4S2. The van der Waals surface area contributed by atoms with Crippen LogP contribution < -0.4 is 4.90 Å². The quantitative estimate of drug-likeness (QED) is 0.752. The molecule has 0 aliphatic carbocycles. The number of hydrogen-bond donors (Lipinski definition) is 1. The van der Waals surface area contributed by atoms with Crippen molar-refractivity contribution in [1.29, 1.82) is 0 Å². The first-order chi connectivity index (χ1) is 12.9. The van der Waals surface area contributed by atoms with E-state index >= 15 is 0 Å². The number of carboxylic acids is 1. The number of halogens is 3. The predicted octanol–water partition coefficient (Wildman–Crippen LogP) is 1.65. The zero-order valence-electron chi connectivity index (χ0n) is 15.5. The summed E-state index contributed by atoms with van der Waals surface area (Å²) in [7, 11) is 3.51. The van der Waals surface area contributed by atoms with E-state index < -0.39 is 12.1 Å². The maximum atomic E-state index is 11.6. The van der Waals surface area contributed by atoms with Gasteiger partial charge in [0.25, 0.3) is 0 Å². The van der Waals surface area contributed by atoms with Crippen molar-refractivity contribution in [1.82, 2.24) is 15.1 Å². The van der Waals surface area contributed by atoms with E-state index in [1.165, 1.54) is 0 Å². The van der Waals surface area contributed by atoms with E-state index in [-0.39, 0.29) is 23.4 Å². The number of amides is 1. The molecule has 1 aromatic rings. The number of rotatable bonds is 4. The Kier molecular flexibility index (Phi) is 7.15. The van der Waals surface area contributed by atoms with E-state index in [0.717, 1.165) is 35.4 Å². The molecule has 28 heavy (non-hydrogen) atoms. The standard InChI is InChI=1S/C13H20N4O2S2.C2HF3O2/c1-9-14-15-12(21-9)17-7-13(8-17)4-10(6-20-13)19-5-11(18)16(2)3;3-2(4,5)1(6)7/h10H,4-8H2,1-3H3;(H,6,7). The fourth-order valence-electron chi connectivity index (χ4n) is 2.65. The molecule has 3 rings (SSSR count). The Hall–Kier alpha value is -1.60. The van der Waals surface area contributed by atoms with Gasteiger partial charge in [0.1, 0.15) is 11.6 Å². The van der Waals surface area contributed by atoms with Gasteiger partial charge in [-0.05, 0) is 13.3 Å². The van der Waals surface area contributed by atoms with E-state index in [1.807, 2.05) is 18.7 Å². The van der Waals surface area contributed by atoms with Crippen LogP contribution in [0.4, 0.5) is 18.3 Å². The number of likely N-dealkylation sites (N-methyl/N-ethyl adjacent to an activating group) is 1. The number of aromatic nitrogens is 2. The SMILES string of the molecule is Cc1nnc(N2CC3(CC(OCC(=O)N(C)C)CS3)C2)s1.O=C(O)C(F)(F)F. The van der Waals surface area contributed by atoms with Crippen LogP contribution in [0.5, 0.6) is 0 Å². The molecule has 13 heteroatoms. The maximum absolute atomic E-state index is 11.6. The Morgan fingerprint density at radius 3 is 2.43 bits per heavy atom. The topological polar surface area (TPSA) is 95.9 Å². The average Bonchev–Trinajstić information content (AvgIpc) is 3.17. The second-order valence-corrected chi connectivity index (χ2v) is 9.33. The van der Waals surface area contributed by atoms with Crippen molar-refractivity contribution in [3.05, 3.63) is 5.01 Å². The number of aliphatic carboxylic acids is 1. The van der Waals surface area contributed by atoms with Crippen LogP contribution >= 0.6 is 23.1 Å². The highest BCUT2D eigenvalue weighted by molar-refractivity contribution is 8.01. The third-order valence-corrected chi connectivity index (χ3v) is 6.58. The number of carbonyl (C=O) groups is 2. The number of carboxylic acid groups (broad SMARTS) is 1. The molecule has 2 saturated heterocycles.